The highest BCUT2D eigenvalue weighted by molar-refractivity contribution is 9.24. The van der Waals surface area contributed by atoms with Crippen LogP contribution in [0.5, 0.6) is 0 Å². The average molecular weight is 668 g/mol. The molecule has 4 nitrogen and oxygen atoms in total. The fourth-order valence-electron chi connectivity index (χ4n) is 1.20. The van der Waals surface area contributed by atoms with Gasteiger partial charge in [0.2, 0.25) is 7.85 Å². The quantitative estimate of drug-likeness (QED) is 0.307. The zero-order valence-corrected chi connectivity index (χ0v) is 18.7. The third kappa shape index (κ3) is 5.35. The summed E-state index contributed by atoms with van der Waals surface area (Å²) in [6.07, 6.45) is 0. The number of carbonyl (C=O) groups is 2. The van der Waals surface area contributed by atoms with Crippen molar-refractivity contribution in [3.63, 3.8) is 0 Å². The van der Waals surface area contributed by atoms with E-state index in [0.717, 1.165) is 0 Å². The minimum Gasteiger partial charge on any atom is -0.436 e. The molecule has 0 aliphatic carbocycles. The molecule has 0 heterocycles. The minimum absolute atomic E-state index is 0.0638. The summed E-state index contributed by atoms with van der Waals surface area (Å²) in [7, 11) is 0. The first-order valence-electron chi connectivity index (χ1n) is 4.70. The molecule has 0 fully saturated rings. The van der Waals surface area contributed by atoms with Crippen LogP contribution < -0.4 is 0 Å². The molecule has 0 saturated heterocycles. The molecule has 0 N–H and O–H groups in total. The Bertz CT molecular complexity index is 531. The van der Waals surface area contributed by atoms with Gasteiger partial charge in [0, 0.05) is 8.95 Å². The molecule has 1 aromatic rings. The maximum atomic E-state index is 12.1. The third-order valence-corrected chi connectivity index (χ3v) is 4.68. The van der Waals surface area contributed by atoms with Crippen molar-refractivity contribution in [2.75, 3.05) is 0 Å². The molecule has 10 heteroatoms. The Morgan fingerprint density at radius 1 is 0.900 bits per heavy atom. The number of carbonyl (C=O) groups excluding carboxylic acids is 2. The van der Waals surface area contributed by atoms with Crippen LogP contribution in [-0.2, 0) is 9.47 Å². The largest absolute Gasteiger partial charge is 0.436 e. The summed E-state index contributed by atoms with van der Waals surface area (Å²) in [5, 5.41) is 0. The molecule has 0 unspecified atom stereocenters. The highest BCUT2D eigenvalue weighted by atomic mass is 79.9. The summed E-state index contributed by atoms with van der Waals surface area (Å²) >= 11 is 18.6. The standard InChI is InChI=1S/C10H4Br6O4/c11-4-2-1-3(7(17)19-9(13)14)5(6(4)12)8(18)20-10(15)16/h1-2,9-10H. The highest BCUT2D eigenvalue weighted by Gasteiger charge is 2.26. The topological polar surface area (TPSA) is 52.6 Å². The van der Waals surface area contributed by atoms with Gasteiger partial charge in [-0.3, -0.25) is 0 Å². The van der Waals surface area contributed by atoms with E-state index in [1.807, 2.05) is 0 Å². The number of hydrogen-bond acceptors (Lipinski definition) is 4. The Balaban J connectivity index is 3.27. The van der Waals surface area contributed by atoms with Crippen molar-refractivity contribution in [1.29, 1.82) is 0 Å². The van der Waals surface area contributed by atoms with Crippen LogP contribution in [0, 0.1) is 0 Å². The number of benzene rings is 1. The number of halogens is 6. The Morgan fingerprint density at radius 2 is 1.40 bits per heavy atom. The summed E-state index contributed by atoms with van der Waals surface area (Å²) < 4.78 is 9.62. The molecule has 0 saturated carbocycles. The van der Waals surface area contributed by atoms with Crippen molar-refractivity contribution >= 4 is 108 Å². The van der Waals surface area contributed by atoms with Crippen molar-refractivity contribution < 1.29 is 19.1 Å². The lowest BCUT2D eigenvalue weighted by Gasteiger charge is -2.13. The predicted molar refractivity (Wildman–Crippen MR) is 96.0 cm³/mol. The fraction of sp³-hybridized carbons (Fsp3) is 0.200. The first-order valence-corrected chi connectivity index (χ1v) is 9.95. The third-order valence-electron chi connectivity index (χ3n) is 1.91. The smallest absolute Gasteiger partial charge is 0.342 e. The van der Waals surface area contributed by atoms with Gasteiger partial charge in [0.05, 0.1) is 11.1 Å². The van der Waals surface area contributed by atoms with Crippen molar-refractivity contribution in [3.05, 3.63) is 32.2 Å². The molecule has 0 aliphatic rings. The first-order chi connectivity index (χ1) is 9.23. The lowest BCUT2D eigenvalue weighted by atomic mass is 10.1. The van der Waals surface area contributed by atoms with E-state index in [1.165, 1.54) is 6.07 Å². The maximum Gasteiger partial charge on any atom is 0.342 e. The number of ether oxygens (including phenoxy) is 2. The zero-order valence-electron chi connectivity index (χ0n) is 9.21. The van der Waals surface area contributed by atoms with Gasteiger partial charge in [-0.15, -0.1) is 0 Å². The van der Waals surface area contributed by atoms with Gasteiger partial charge in [-0.25, -0.2) is 9.59 Å². The van der Waals surface area contributed by atoms with Crippen LogP contribution in [0.15, 0.2) is 21.1 Å². The lowest BCUT2D eigenvalue weighted by molar-refractivity contribution is 0.0513. The van der Waals surface area contributed by atoms with E-state index < -0.39 is 19.8 Å². The molecular formula is C10H4Br6O4. The summed E-state index contributed by atoms with van der Waals surface area (Å²) in [4.78, 5) is 24.1. The van der Waals surface area contributed by atoms with Crippen molar-refractivity contribution in [3.8, 4) is 0 Å². The molecule has 1 rings (SSSR count). The van der Waals surface area contributed by atoms with Crippen LogP contribution in [0.3, 0.4) is 0 Å². The molecule has 0 bridgehead atoms. The minimum atomic E-state index is -0.690. The Morgan fingerprint density at radius 3 is 1.90 bits per heavy atom. The van der Waals surface area contributed by atoms with Gasteiger partial charge < -0.3 is 9.47 Å². The normalized spacial score (nSPS) is 10.8. The van der Waals surface area contributed by atoms with Gasteiger partial charge in [0.25, 0.3) is 0 Å². The van der Waals surface area contributed by atoms with Crippen molar-refractivity contribution in [1.82, 2.24) is 0 Å². The number of rotatable bonds is 4. The van der Waals surface area contributed by atoms with E-state index in [-0.39, 0.29) is 11.1 Å². The van der Waals surface area contributed by atoms with E-state index in [4.69, 9.17) is 9.47 Å². The highest BCUT2D eigenvalue weighted by Crippen LogP contribution is 2.32. The van der Waals surface area contributed by atoms with Crippen LogP contribution in [0.1, 0.15) is 20.7 Å². The molecule has 110 valence electrons. The van der Waals surface area contributed by atoms with E-state index in [0.29, 0.717) is 8.95 Å². The van der Waals surface area contributed by atoms with E-state index in [2.05, 4.69) is 95.6 Å². The van der Waals surface area contributed by atoms with Gasteiger partial charge >= 0.3 is 11.9 Å². The molecule has 1 aromatic carbocycles. The van der Waals surface area contributed by atoms with Crippen LogP contribution in [-0.4, -0.2) is 19.8 Å². The van der Waals surface area contributed by atoms with Crippen molar-refractivity contribution in [2.24, 2.45) is 0 Å². The SMILES string of the molecule is O=C(OC(Br)Br)c1ccc(Br)c(Br)c1C(=O)OC(Br)Br. The van der Waals surface area contributed by atoms with E-state index >= 15 is 0 Å². The van der Waals surface area contributed by atoms with Gasteiger partial charge in [-0.05, 0) is 108 Å². The van der Waals surface area contributed by atoms with Crippen molar-refractivity contribution in [2.45, 2.75) is 7.85 Å². The summed E-state index contributed by atoms with van der Waals surface area (Å²) in [6.45, 7) is 0. The molecule has 0 aliphatic heterocycles. The fourth-order valence-corrected chi connectivity index (χ4v) is 2.72. The number of esters is 2. The number of alkyl halides is 4. The summed E-state index contributed by atoms with van der Waals surface area (Å²) in [6, 6.07) is 3.09. The summed E-state index contributed by atoms with van der Waals surface area (Å²) in [5.74, 6) is -1.37. The average Bonchev–Trinajstić information content (AvgIpc) is 2.30. The predicted octanol–water partition coefficient (Wildman–Crippen LogP) is 5.67. The first kappa shape index (κ1) is 19.1. The van der Waals surface area contributed by atoms with Gasteiger partial charge in [-0.1, -0.05) is 0 Å². The molecule has 0 aromatic heterocycles. The van der Waals surface area contributed by atoms with Crippen LogP contribution in [0.4, 0.5) is 0 Å². The molecule has 0 amide bonds. The number of hydrogen-bond donors (Lipinski definition) is 0. The second-order valence-corrected chi connectivity index (χ2v) is 10.5. The monoisotopic (exact) mass is 662 g/mol. The lowest BCUT2D eigenvalue weighted by Crippen LogP contribution is -2.17. The van der Waals surface area contributed by atoms with E-state index in [1.54, 1.807) is 6.07 Å². The van der Waals surface area contributed by atoms with Gasteiger partial charge in [0.15, 0.2) is 0 Å². The Kier molecular flexibility index (Phi) is 8.22. The molecule has 20 heavy (non-hydrogen) atoms. The second kappa shape index (κ2) is 8.61. The maximum absolute atomic E-state index is 12.1. The Labute approximate surface area is 165 Å². The van der Waals surface area contributed by atoms with Crippen LogP contribution in [0.25, 0.3) is 0 Å². The molecular weight excluding hydrogens is 664 g/mol. The molecule has 0 radical (unpaired) electrons. The summed E-state index contributed by atoms with van der Waals surface area (Å²) in [5.41, 5.74) is 0.142. The Hall–Kier alpha value is 1.04. The zero-order chi connectivity index (χ0) is 15.4. The van der Waals surface area contributed by atoms with Gasteiger partial charge in [-0.2, -0.15) is 0 Å². The van der Waals surface area contributed by atoms with Crippen LogP contribution in [0.2, 0.25) is 0 Å². The van der Waals surface area contributed by atoms with Gasteiger partial charge in [0.1, 0.15) is 0 Å². The molecule has 0 spiro atoms. The second-order valence-electron chi connectivity index (χ2n) is 3.12. The van der Waals surface area contributed by atoms with E-state index in [9.17, 15) is 9.59 Å². The van der Waals surface area contributed by atoms with Crippen LogP contribution >= 0.6 is 95.6 Å². The molecule has 0 atom stereocenters.